The van der Waals surface area contributed by atoms with Crippen molar-refractivity contribution in [2.75, 3.05) is 11.4 Å². The smallest absolute Gasteiger partial charge is 0.471 e. The highest BCUT2D eigenvalue weighted by molar-refractivity contribution is 5.99. The second-order valence-corrected chi connectivity index (χ2v) is 3.88. The van der Waals surface area contributed by atoms with Crippen LogP contribution in [0.2, 0.25) is 0 Å². The lowest BCUT2D eigenvalue weighted by molar-refractivity contribution is -0.385. The van der Waals surface area contributed by atoms with Gasteiger partial charge >= 0.3 is 12.1 Å². The summed E-state index contributed by atoms with van der Waals surface area (Å²) in [6.07, 6.45) is -5.14. The van der Waals surface area contributed by atoms with Crippen LogP contribution >= 0.6 is 0 Å². The van der Waals surface area contributed by atoms with E-state index >= 15 is 0 Å². The molecular formula is C11H11F3N2O4. The highest BCUT2D eigenvalue weighted by Gasteiger charge is 2.44. The molecule has 1 rings (SSSR count). The molecule has 0 saturated carbocycles. The molecule has 0 aliphatic rings. The summed E-state index contributed by atoms with van der Waals surface area (Å²) in [7, 11) is 0. The van der Waals surface area contributed by atoms with Crippen LogP contribution in [0.3, 0.4) is 0 Å². The largest absolute Gasteiger partial charge is 0.506 e. The van der Waals surface area contributed by atoms with Crippen molar-refractivity contribution in [1.82, 2.24) is 0 Å². The van der Waals surface area contributed by atoms with Gasteiger partial charge in [0.15, 0.2) is 0 Å². The number of nitro benzene ring substituents is 1. The number of hydrogen-bond donors (Lipinski definition) is 1. The number of carbonyl (C=O) groups is 1. The molecule has 0 unspecified atom stereocenters. The maximum Gasteiger partial charge on any atom is 0.471 e. The maximum absolute atomic E-state index is 12.5. The number of nitro groups is 1. The van der Waals surface area contributed by atoms with Crippen molar-refractivity contribution in [1.29, 1.82) is 0 Å². The summed E-state index contributed by atoms with van der Waals surface area (Å²) < 4.78 is 37.5. The minimum atomic E-state index is -5.14. The topological polar surface area (TPSA) is 83.7 Å². The summed E-state index contributed by atoms with van der Waals surface area (Å²) in [5.41, 5.74) is -1.20. The van der Waals surface area contributed by atoms with Gasteiger partial charge in [0.25, 0.3) is 5.69 Å². The van der Waals surface area contributed by atoms with Gasteiger partial charge < -0.3 is 10.0 Å². The van der Waals surface area contributed by atoms with Crippen LogP contribution in [0.15, 0.2) is 12.1 Å². The van der Waals surface area contributed by atoms with Crippen LogP contribution in [-0.2, 0) is 4.79 Å². The number of amides is 1. The summed E-state index contributed by atoms with van der Waals surface area (Å²) in [5.74, 6) is -2.83. The number of halogens is 3. The summed E-state index contributed by atoms with van der Waals surface area (Å²) >= 11 is 0. The quantitative estimate of drug-likeness (QED) is 0.685. The first kappa shape index (κ1) is 15.7. The minimum absolute atomic E-state index is 0.213. The number of phenolic OH excluding ortho intramolecular Hbond substituents is 1. The van der Waals surface area contributed by atoms with Gasteiger partial charge in [0.2, 0.25) is 0 Å². The number of aromatic hydroxyl groups is 1. The number of alkyl halides is 3. The number of phenols is 1. The Labute approximate surface area is 111 Å². The van der Waals surface area contributed by atoms with Gasteiger partial charge in [-0.15, -0.1) is 0 Å². The van der Waals surface area contributed by atoms with Crippen LogP contribution in [0.5, 0.6) is 5.75 Å². The van der Waals surface area contributed by atoms with Crippen LogP contribution in [0.25, 0.3) is 0 Å². The van der Waals surface area contributed by atoms with Crippen molar-refractivity contribution >= 4 is 17.3 Å². The zero-order chi connectivity index (χ0) is 15.7. The number of rotatable bonds is 3. The summed E-state index contributed by atoms with van der Waals surface area (Å²) in [6, 6.07) is 1.84. The Hall–Kier alpha value is -2.32. The summed E-state index contributed by atoms with van der Waals surface area (Å²) in [5, 5.41) is 20.4. The Balaban J connectivity index is 3.47. The molecule has 1 amide bonds. The second kappa shape index (κ2) is 5.35. The van der Waals surface area contributed by atoms with E-state index in [0.717, 1.165) is 12.1 Å². The van der Waals surface area contributed by atoms with Gasteiger partial charge in [-0.1, -0.05) is 0 Å². The lowest BCUT2D eigenvalue weighted by Crippen LogP contribution is -2.41. The van der Waals surface area contributed by atoms with Gasteiger partial charge in [-0.05, 0) is 19.9 Å². The van der Waals surface area contributed by atoms with Crippen molar-refractivity contribution in [2.24, 2.45) is 0 Å². The standard InChI is InChI=1S/C11H11F3N2O4/c1-3-15(10(18)11(12,13)14)9-6(2)7(16(19)20)4-5-8(9)17/h4-5,17H,3H2,1-2H3. The van der Waals surface area contributed by atoms with E-state index in [-0.39, 0.29) is 10.5 Å². The van der Waals surface area contributed by atoms with Crippen molar-refractivity contribution in [2.45, 2.75) is 20.0 Å². The molecule has 0 aliphatic carbocycles. The molecule has 0 spiro atoms. The van der Waals surface area contributed by atoms with E-state index in [1.165, 1.54) is 13.8 Å². The average molecular weight is 292 g/mol. The molecule has 1 N–H and O–H groups in total. The van der Waals surface area contributed by atoms with Gasteiger partial charge in [0, 0.05) is 12.6 Å². The van der Waals surface area contributed by atoms with Crippen molar-refractivity contribution in [3.8, 4) is 5.75 Å². The van der Waals surface area contributed by atoms with Gasteiger partial charge in [-0.25, -0.2) is 0 Å². The van der Waals surface area contributed by atoms with Crippen LogP contribution in [-0.4, -0.2) is 28.7 Å². The number of carbonyl (C=O) groups excluding carboxylic acids is 1. The van der Waals surface area contributed by atoms with E-state index < -0.39 is 40.7 Å². The third-order valence-electron chi connectivity index (χ3n) is 2.65. The first-order valence-electron chi connectivity index (χ1n) is 5.46. The molecule has 1 aromatic rings. The molecule has 1 aromatic carbocycles. The molecule has 0 atom stereocenters. The molecule has 0 saturated heterocycles. The molecule has 0 bridgehead atoms. The molecule has 0 fully saturated rings. The zero-order valence-electron chi connectivity index (χ0n) is 10.6. The zero-order valence-corrected chi connectivity index (χ0v) is 10.6. The fraction of sp³-hybridized carbons (Fsp3) is 0.364. The fourth-order valence-electron chi connectivity index (χ4n) is 1.77. The first-order valence-corrected chi connectivity index (χ1v) is 5.46. The second-order valence-electron chi connectivity index (χ2n) is 3.88. The van der Waals surface area contributed by atoms with E-state index in [0.29, 0.717) is 0 Å². The Morgan fingerprint density at radius 3 is 2.40 bits per heavy atom. The van der Waals surface area contributed by atoms with Gasteiger partial charge in [-0.3, -0.25) is 14.9 Å². The minimum Gasteiger partial charge on any atom is -0.506 e. The van der Waals surface area contributed by atoms with E-state index in [1.807, 2.05) is 0 Å². The molecule has 20 heavy (non-hydrogen) atoms. The summed E-state index contributed by atoms with van der Waals surface area (Å²) in [6.45, 7) is 2.04. The van der Waals surface area contributed by atoms with E-state index in [1.54, 1.807) is 0 Å². The molecule has 6 nitrogen and oxygen atoms in total. The van der Waals surface area contributed by atoms with Gasteiger partial charge in [0.05, 0.1) is 16.2 Å². The first-order chi connectivity index (χ1) is 9.11. The van der Waals surface area contributed by atoms with Crippen LogP contribution in [0, 0.1) is 17.0 Å². The van der Waals surface area contributed by atoms with Crippen molar-refractivity contribution in [3.63, 3.8) is 0 Å². The molecule has 110 valence electrons. The van der Waals surface area contributed by atoms with E-state index in [9.17, 15) is 33.2 Å². The molecule has 9 heteroatoms. The van der Waals surface area contributed by atoms with Crippen molar-refractivity contribution < 1.29 is 28.0 Å². The van der Waals surface area contributed by atoms with Gasteiger partial charge in [-0.2, -0.15) is 13.2 Å². The number of nitrogens with zero attached hydrogens (tertiary/aromatic N) is 2. The van der Waals surface area contributed by atoms with E-state index in [4.69, 9.17) is 0 Å². The SMILES string of the molecule is CCN(C(=O)C(F)(F)F)c1c(O)ccc([N+](=O)[O-])c1C. The Morgan fingerprint density at radius 1 is 1.45 bits per heavy atom. The predicted octanol–water partition coefficient (Wildman–Crippen LogP) is 2.52. The highest BCUT2D eigenvalue weighted by Crippen LogP contribution is 2.38. The highest BCUT2D eigenvalue weighted by atomic mass is 19.4. The third kappa shape index (κ3) is 2.81. The number of benzene rings is 1. The number of hydrogen-bond acceptors (Lipinski definition) is 4. The van der Waals surface area contributed by atoms with Crippen LogP contribution in [0.1, 0.15) is 12.5 Å². The molecular weight excluding hydrogens is 281 g/mol. The van der Waals surface area contributed by atoms with Crippen LogP contribution in [0.4, 0.5) is 24.5 Å². The van der Waals surface area contributed by atoms with Gasteiger partial charge in [0.1, 0.15) is 5.75 Å². The Morgan fingerprint density at radius 2 is 2.00 bits per heavy atom. The predicted molar refractivity (Wildman–Crippen MR) is 63.6 cm³/mol. The van der Waals surface area contributed by atoms with Crippen LogP contribution < -0.4 is 4.90 Å². The summed E-state index contributed by atoms with van der Waals surface area (Å²) in [4.78, 5) is 21.5. The lowest BCUT2D eigenvalue weighted by atomic mass is 10.1. The fourth-order valence-corrected chi connectivity index (χ4v) is 1.77. The van der Waals surface area contributed by atoms with Crippen molar-refractivity contribution in [3.05, 3.63) is 27.8 Å². The lowest BCUT2D eigenvalue weighted by Gasteiger charge is -2.24. The molecule has 0 aliphatic heterocycles. The molecule has 0 heterocycles. The van der Waals surface area contributed by atoms with E-state index in [2.05, 4.69) is 0 Å². The Kier molecular flexibility index (Phi) is 4.21. The molecule has 0 aromatic heterocycles. The number of anilines is 1. The maximum atomic E-state index is 12.5. The monoisotopic (exact) mass is 292 g/mol. The third-order valence-corrected chi connectivity index (χ3v) is 2.65. The molecule has 0 radical (unpaired) electrons. The Bertz CT molecular complexity index is 557. The average Bonchev–Trinajstić information content (AvgIpc) is 2.31. The normalized spacial score (nSPS) is 11.2.